The summed E-state index contributed by atoms with van der Waals surface area (Å²) in [6, 6.07) is 0. The smallest absolute Gasteiger partial charge is 0.203 e. The van der Waals surface area contributed by atoms with Crippen LogP contribution in [0.4, 0.5) is 0 Å². The van der Waals surface area contributed by atoms with Gasteiger partial charge in [0.1, 0.15) is 6.29 Å². The zero-order valence-electron chi connectivity index (χ0n) is 7.08. The van der Waals surface area contributed by atoms with E-state index in [1.807, 2.05) is 13.8 Å². The highest BCUT2D eigenvalue weighted by Gasteiger charge is 2.18. The molecule has 0 aromatic heterocycles. The monoisotopic (exact) mass is 178 g/mol. The Balaban J connectivity index is 3.88. The zero-order chi connectivity index (χ0) is 8.74. The number of carbonyl (C=O) groups excluding carboxylic acids is 1. The van der Waals surface area contributed by atoms with Crippen molar-refractivity contribution in [1.82, 2.24) is 0 Å². The van der Waals surface area contributed by atoms with Crippen molar-refractivity contribution in [3.8, 4) is 0 Å². The van der Waals surface area contributed by atoms with Crippen LogP contribution in [0.25, 0.3) is 0 Å². The molecule has 0 aliphatic heterocycles. The Hall–Kier alpha value is -0.140. The van der Waals surface area contributed by atoms with Crippen LogP contribution in [0.2, 0.25) is 0 Å². The van der Waals surface area contributed by atoms with Crippen LogP contribution in [-0.4, -0.2) is 25.2 Å². The van der Waals surface area contributed by atoms with Crippen LogP contribution in [0.15, 0.2) is 0 Å². The molecule has 0 aliphatic rings. The standard InChI is InChI=1S/C7H15O3P/c1-3-10-11(9,4-2)7-5-6-8/h6H,3-5,7H2,1-2H3/t11-/m0/s1. The quantitative estimate of drug-likeness (QED) is 0.461. The number of hydrogen-bond acceptors (Lipinski definition) is 3. The first-order valence-corrected chi connectivity index (χ1v) is 5.84. The SMILES string of the molecule is CCO[P@@](=O)(CC)CCC=O. The Bertz CT molecular complexity index is 156. The van der Waals surface area contributed by atoms with Gasteiger partial charge in [0.25, 0.3) is 0 Å². The molecule has 4 heteroatoms. The molecule has 0 aromatic rings. The number of hydrogen-bond donors (Lipinski definition) is 0. The van der Waals surface area contributed by atoms with Crippen LogP contribution in [0.3, 0.4) is 0 Å². The van der Waals surface area contributed by atoms with Crippen molar-refractivity contribution in [2.24, 2.45) is 0 Å². The molecule has 0 aromatic carbocycles. The third kappa shape index (κ3) is 4.33. The van der Waals surface area contributed by atoms with Crippen molar-refractivity contribution in [2.45, 2.75) is 20.3 Å². The predicted molar refractivity (Wildman–Crippen MR) is 45.3 cm³/mol. The molecule has 0 saturated carbocycles. The van der Waals surface area contributed by atoms with Gasteiger partial charge in [-0.2, -0.15) is 0 Å². The van der Waals surface area contributed by atoms with Gasteiger partial charge in [-0.1, -0.05) is 6.92 Å². The lowest BCUT2D eigenvalue weighted by Gasteiger charge is -2.13. The van der Waals surface area contributed by atoms with Gasteiger partial charge in [0.15, 0.2) is 0 Å². The van der Waals surface area contributed by atoms with Crippen LogP contribution >= 0.6 is 7.37 Å². The molecule has 0 spiro atoms. The maximum atomic E-state index is 11.6. The fourth-order valence-electron chi connectivity index (χ4n) is 0.799. The molecule has 3 nitrogen and oxygen atoms in total. The molecule has 66 valence electrons. The van der Waals surface area contributed by atoms with Crippen LogP contribution in [-0.2, 0) is 13.9 Å². The minimum atomic E-state index is -2.45. The van der Waals surface area contributed by atoms with E-state index in [0.717, 1.165) is 6.29 Å². The second kappa shape index (κ2) is 5.50. The van der Waals surface area contributed by atoms with Crippen LogP contribution < -0.4 is 0 Å². The summed E-state index contributed by atoms with van der Waals surface area (Å²) in [5, 5.41) is 0. The second-order valence-corrected chi connectivity index (χ2v) is 5.19. The molecule has 11 heavy (non-hydrogen) atoms. The normalized spacial score (nSPS) is 15.8. The van der Waals surface area contributed by atoms with Gasteiger partial charge in [-0.15, -0.1) is 0 Å². The van der Waals surface area contributed by atoms with E-state index in [1.165, 1.54) is 0 Å². The van der Waals surface area contributed by atoms with E-state index in [-0.39, 0.29) is 0 Å². The molecule has 0 saturated heterocycles. The predicted octanol–water partition coefficient (Wildman–Crippen LogP) is 1.91. The van der Waals surface area contributed by atoms with E-state index in [1.54, 1.807) is 0 Å². The summed E-state index contributed by atoms with van der Waals surface area (Å²) in [5.74, 6) is 0. The zero-order valence-corrected chi connectivity index (χ0v) is 7.97. The van der Waals surface area contributed by atoms with Crippen LogP contribution in [0.5, 0.6) is 0 Å². The lowest BCUT2D eigenvalue weighted by molar-refractivity contribution is -0.107. The van der Waals surface area contributed by atoms with E-state index in [4.69, 9.17) is 4.52 Å². The average Bonchev–Trinajstić information content (AvgIpc) is 2.02. The van der Waals surface area contributed by atoms with Gasteiger partial charge in [-0.05, 0) is 6.92 Å². The Labute approximate surface area is 67.6 Å². The van der Waals surface area contributed by atoms with Crippen LogP contribution in [0, 0.1) is 0 Å². The number of rotatable bonds is 6. The summed E-state index contributed by atoms with van der Waals surface area (Å²) in [4.78, 5) is 10.00. The molecule has 0 unspecified atom stereocenters. The molecule has 0 heterocycles. The summed E-state index contributed by atoms with van der Waals surface area (Å²) in [7, 11) is -2.45. The minimum Gasteiger partial charge on any atom is -0.329 e. The number of carbonyl (C=O) groups is 1. The van der Waals surface area contributed by atoms with Gasteiger partial charge in [-0.3, -0.25) is 4.57 Å². The fourth-order valence-corrected chi connectivity index (χ4v) is 2.40. The summed E-state index contributed by atoms with van der Waals surface area (Å²) < 4.78 is 16.6. The molecular weight excluding hydrogens is 163 g/mol. The first kappa shape index (κ1) is 10.9. The largest absolute Gasteiger partial charge is 0.329 e. The Morgan fingerprint density at radius 1 is 1.45 bits per heavy atom. The van der Waals surface area contributed by atoms with Crippen molar-refractivity contribution in [3.05, 3.63) is 0 Å². The Morgan fingerprint density at radius 2 is 2.09 bits per heavy atom. The van der Waals surface area contributed by atoms with Gasteiger partial charge in [-0.25, -0.2) is 0 Å². The lowest BCUT2D eigenvalue weighted by atomic mass is 10.6. The maximum absolute atomic E-state index is 11.6. The third-order valence-electron chi connectivity index (χ3n) is 1.43. The van der Waals surface area contributed by atoms with E-state index in [0.29, 0.717) is 25.4 Å². The minimum absolute atomic E-state index is 0.338. The van der Waals surface area contributed by atoms with Gasteiger partial charge in [0.2, 0.25) is 7.37 Å². The summed E-state index contributed by atoms with van der Waals surface area (Å²) in [5.41, 5.74) is 0. The topological polar surface area (TPSA) is 43.4 Å². The molecule has 0 aliphatic carbocycles. The van der Waals surface area contributed by atoms with E-state index in [9.17, 15) is 9.36 Å². The first-order valence-electron chi connectivity index (χ1n) is 3.84. The Kier molecular flexibility index (Phi) is 5.43. The first-order chi connectivity index (χ1) is 5.18. The highest BCUT2D eigenvalue weighted by Crippen LogP contribution is 2.46. The average molecular weight is 178 g/mol. The van der Waals surface area contributed by atoms with E-state index < -0.39 is 7.37 Å². The van der Waals surface area contributed by atoms with Gasteiger partial charge in [0, 0.05) is 18.7 Å². The summed E-state index contributed by atoms with van der Waals surface area (Å²) >= 11 is 0. The molecule has 0 bridgehead atoms. The second-order valence-electron chi connectivity index (χ2n) is 2.23. The maximum Gasteiger partial charge on any atom is 0.203 e. The van der Waals surface area contributed by atoms with Crippen molar-refractivity contribution in [3.63, 3.8) is 0 Å². The molecule has 0 fully saturated rings. The van der Waals surface area contributed by atoms with Crippen molar-refractivity contribution in [2.75, 3.05) is 18.9 Å². The molecule has 1 atom stereocenters. The molecule has 0 radical (unpaired) electrons. The Morgan fingerprint density at radius 3 is 2.45 bits per heavy atom. The fraction of sp³-hybridized carbons (Fsp3) is 0.857. The lowest BCUT2D eigenvalue weighted by Crippen LogP contribution is -1.98. The van der Waals surface area contributed by atoms with Gasteiger partial charge >= 0.3 is 0 Å². The van der Waals surface area contributed by atoms with Gasteiger partial charge < -0.3 is 9.32 Å². The van der Waals surface area contributed by atoms with Gasteiger partial charge in [0.05, 0.1) is 6.61 Å². The molecule has 0 amide bonds. The van der Waals surface area contributed by atoms with Crippen LogP contribution in [0.1, 0.15) is 20.3 Å². The number of aldehydes is 1. The summed E-state index contributed by atoms with van der Waals surface area (Å²) in [6.07, 6.45) is 2.03. The van der Waals surface area contributed by atoms with E-state index in [2.05, 4.69) is 0 Å². The molecule has 0 rings (SSSR count). The van der Waals surface area contributed by atoms with Crippen molar-refractivity contribution in [1.29, 1.82) is 0 Å². The molecule has 0 N–H and O–H groups in total. The van der Waals surface area contributed by atoms with E-state index >= 15 is 0 Å². The third-order valence-corrected chi connectivity index (χ3v) is 4.07. The molecular formula is C7H15O3P. The van der Waals surface area contributed by atoms with Crippen molar-refractivity contribution >= 4 is 13.7 Å². The summed E-state index contributed by atoms with van der Waals surface area (Å²) in [6.45, 7) is 4.09. The highest BCUT2D eigenvalue weighted by molar-refractivity contribution is 7.58. The highest BCUT2D eigenvalue weighted by atomic mass is 31.2. The van der Waals surface area contributed by atoms with Crippen molar-refractivity contribution < 1.29 is 13.9 Å².